The topological polar surface area (TPSA) is 110 Å². The quantitative estimate of drug-likeness (QED) is 0.503. The number of aliphatic hydroxyl groups is 2. The first kappa shape index (κ1) is 12.6. The normalized spacial score (nSPS) is 14.5. The molecule has 0 bridgehead atoms. The summed E-state index contributed by atoms with van der Waals surface area (Å²) in [7, 11) is 0. The Morgan fingerprint density at radius 3 is 2.56 bits per heavy atom. The Morgan fingerprint density at radius 1 is 1.50 bits per heavy atom. The molecule has 0 saturated carbocycles. The molecule has 0 amide bonds. The average Bonchev–Trinajstić information content (AvgIpc) is 2.26. The zero-order valence-corrected chi connectivity index (χ0v) is 8.83. The van der Waals surface area contributed by atoms with E-state index < -0.39 is 17.1 Å². The van der Waals surface area contributed by atoms with Crippen LogP contribution in [0, 0.1) is 17.0 Å². The van der Waals surface area contributed by atoms with Gasteiger partial charge in [0.1, 0.15) is 6.10 Å². The maximum absolute atomic E-state index is 10.5. The number of non-ortho nitro benzene ring substituents is 1. The van der Waals surface area contributed by atoms with E-state index in [0.29, 0.717) is 11.1 Å². The SMILES string of the molecule is Cc1cc([N+](=O)[O-])ccc1C(O)C(O)CN. The van der Waals surface area contributed by atoms with Gasteiger partial charge in [0, 0.05) is 18.7 Å². The number of hydrogen-bond acceptors (Lipinski definition) is 5. The summed E-state index contributed by atoms with van der Waals surface area (Å²) in [5, 5.41) is 29.6. The van der Waals surface area contributed by atoms with E-state index in [-0.39, 0.29) is 12.2 Å². The lowest BCUT2D eigenvalue weighted by Crippen LogP contribution is -2.27. The predicted molar refractivity (Wildman–Crippen MR) is 57.9 cm³/mol. The zero-order valence-electron chi connectivity index (χ0n) is 8.83. The van der Waals surface area contributed by atoms with Crippen molar-refractivity contribution in [2.45, 2.75) is 19.1 Å². The van der Waals surface area contributed by atoms with Crippen molar-refractivity contribution in [3.8, 4) is 0 Å². The molecule has 0 heterocycles. The second-order valence-corrected chi connectivity index (χ2v) is 3.55. The zero-order chi connectivity index (χ0) is 12.3. The molecule has 16 heavy (non-hydrogen) atoms. The highest BCUT2D eigenvalue weighted by molar-refractivity contribution is 5.40. The number of hydrogen-bond donors (Lipinski definition) is 3. The van der Waals surface area contributed by atoms with E-state index in [2.05, 4.69) is 0 Å². The second-order valence-electron chi connectivity index (χ2n) is 3.55. The van der Waals surface area contributed by atoms with Crippen molar-refractivity contribution < 1.29 is 15.1 Å². The molecule has 88 valence electrons. The van der Waals surface area contributed by atoms with Crippen molar-refractivity contribution in [3.05, 3.63) is 39.4 Å². The minimum absolute atomic E-state index is 0.0457. The van der Waals surface area contributed by atoms with Crippen molar-refractivity contribution >= 4 is 5.69 Å². The van der Waals surface area contributed by atoms with E-state index in [1.54, 1.807) is 6.92 Å². The van der Waals surface area contributed by atoms with Crippen LogP contribution in [0.1, 0.15) is 17.2 Å². The van der Waals surface area contributed by atoms with Gasteiger partial charge in [-0.15, -0.1) is 0 Å². The van der Waals surface area contributed by atoms with Gasteiger partial charge in [0.2, 0.25) is 0 Å². The second kappa shape index (κ2) is 5.02. The van der Waals surface area contributed by atoms with Crippen molar-refractivity contribution in [1.82, 2.24) is 0 Å². The molecule has 0 saturated heterocycles. The summed E-state index contributed by atoms with van der Waals surface area (Å²) >= 11 is 0. The van der Waals surface area contributed by atoms with E-state index in [0.717, 1.165) is 0 Å². The Labute approximate surface area is 92.5 Å². The molecule has 6 heteroatoms. The van der Waals surface area contributed by atoms with Crippen LogP contribution in [0.5, 0.6) is 0 Å². The molecule has 0 aromatic heterocycles. The van der Waals surface area contributed by atoms with Gasteiger partial charge >= 0.3 is 0 Å². The molecule has 0 aliphatic rings. The molecule has 0 aliphatic carbocycles. The van der Waals surface area contributed by atoms with Gasteiger partial charge in [-0.2, -0.15) is 0 Å². The van der Waals surface area contributed by atoms with E-state index in [1.807, 2.05) is 0 Å². The predicted octanol–water partition coefficient (Wildman–Crippen LogP) is 0.256. The van der Waals surface area contributed by atoms with Gasteiger partial charge in [-0.25, -0.2) is 0 Å². The van der Waals surface area contributed by atoms with Gasteiger partial charge in [-0.05, 0) is 24.1 Å². The molecule has 0 radical (unpaired) electrons. The van der Waals surface area contributed by atoms with Crippen LogP contribution in [0.2, 0.25) is 0 Å². The summed E-state index contributed by atoms with van der Waals surface area (Å²) in [4.78, 5) is 9.99. The van der Waals surface area contributed by atoms with Crippen molar-refractivity contribution in [2.24, 2.45) is 5.73 Å². The first-order valence-electron chi connectivity index (χ1n) is 4.78. The van der Waals surface area contributed by atoms with Crippen LogP contribution in [0.4, 0.5) is 5.69 Å². The van der Waals surface area contributed by atoms with Crippen LogP contribution in [0.25, 0.3) is 0 Å². The molecule has 6 nitrogen and oxygen atoms in total. The molecule has 1 rings (SSSR count). The molecule has 4 N–H and O–H groups in total. The standard InChI is InChI=1S/C10H14N2O4/c1-6-4-7(12(15)16)2-3-8(6)10(14)9(13)5-11/h2-4,9-10,13-14H,5,11H2,1H3. The molecule has 2 unspecified atom stereocenters. The highest BCUT2D eigenvalue weighted by Crippen LogP contribution is 2.24. The Bertz CT molecular complexity index is 394. The molecule has 0 aliphatic heterocycles. The van der Waals surface area contributed by atoms with Crippen molar-refractivity contribution in [3.63, 3.8) is 0 Å². The fourth-order valence-electron chi connectivity index (χ4n) is 1.44. The summed E-state index contributed by atoms with van der Waals surface area (Å²) < 4.78 is 0. The minimum Gasteiger partial charge on any atom is -0.389 e. The van der Waals surface area contributed by atoms with Gasteiger partial charge < -0.3 is 15.9 Å². The fraction of sp³-hybridized carbons (Fsp3) is 0.400. The number of nitrogens with two attached hydrogens (primary N) is 1. The Kier molecular flexibility index (Phi) is 3.94. The summed E-state index contributed by atoms with van der Waals surface area (Å²) in [6, 6.07) is 4.06. The molecular formula is C10H14N2O4. The van der Waals surface area contributed by atoms with Gasteiger partial charge in [0.05, 0.1) is 11.0 Å². The Morgan fingerprint density at radius 2 is 2.12 bits per heavy atom. The maximum Gasteiger partial charge on any atom is 0.269 e. The smallest absolute Gasteiger partial charge is 0.269 e. The minimum atomic E-state index is -1.12. The maximum atomic E-state index is 10.5. The van der Waals surface area contributed by atoms with Crippen LogP contribution >= 0.6 is 0 Å². The van der Waals surface area contributed by atoms with Crippen LogP contribution in [0.15, 0.2) is 18.2 Å². The Hall–Kier alpha value is -1.50. The summed E-state index contributed by atoms with van der Waals surface area (Å²) in [5.74, 6) is 0. The summed E-state index contributed by atoms with van der Waals surface area (Å²) in [5.41, 5.74) is 6.17. The van der Waals surface area contributed by atoms with E-state index in [1.165, 1.54) is 18.2 Å². The molecular weight excluding hydrogens is 212 g/mol. The number of nitro benzene ring substituents is 1. The van der Waals surface area contributed by atoms with Crippen molar-refractivity contribution in [1.29, 1.82) is 0 Å². The highest BCUT2D eigenvalue weighted by Gasteiger charge is 2.20. The lowest BCUT2D eigenvalue weighted by molar-refractivity contribution is -0.384. The lowest BCUT2D eigenvalue weighted by atomic mass is 9.99. The number of nitrogens with zero attached hydrogens (tertiary/aromatic N) is 1. The van der Waals surface area contributed by atoms with Gasteiger partial charge in [0.15, 0.2) is 0 Å². The third kappa shape index (κ3) is 2.54. The number of aryl methyl sites for hydroxylation is 1. The molecule has 2 atom stereocenters. The highest BCUT2D eigenvalue weighted by atomic mass is 16.6. The van der Waals surface area contributed by atoms with Gasteiger partial charge in [0.25, 0.3) is 5.69 Å². The summed E-state index contributed by atoms with van der Waals surface area (Å²) in [6.07, 6.45) is -2.19. The first-order chi connectivity index (χ1) is 7.47. The van der Waals surface area contributed by atoms with Crippen LogP contribution in [0.3, 0.4) is 0 Å². The first-order valence-corrected chi connectivity index (χ1v) is 4.78. The molecule has 1 aromatic rings. The number of aliphatic hydroxyl groups excluding tert-OH is 2. The Balaban J connectivity index is 3.03. The molecule has 1 aromatic carbocycles. The largest absolute Gasteiger partial charge is 0.389 e. The summed E-state index contributed by atoms with van der Waals surface area (Å²) in [6.45, 7) is 1.56. The molecule has 0 spiro atoms. The fourth-order valence-corrected chi connectivity index (χ4v) is 1.44. The number of nitro groups is 1. The monoisotopic (exact) mass is 226 g/mol. The third-order valence-corrected chi connectivity index (χ3v) is 2.39. The van der Waals surface area contributed by atoms with Gasteiger partial charge in [-0.1, -0.05) is 0 Å². The van der Waals surface area contributed by atoms with Crippen molar-refractivity contribution in [2.75, 3.05) is 6.54 Å². The third-order valence-electron chi connectivity index (χ3n) is 2.39. The van der Waals surface area contributed by atoms with Crippen LogP contribution < -0.4 is 5.73 Å². The number of rotatable bonds is 4. The molecule has 0 fully saturated rings. The van der Waals surface area contributed by atoms with Gasteiger partial charge in [-0.3, -0.25) is 10.1 Å². The number of benzene rings is 1. The average molecular weight is 226 g/mol. The van der Waals surface area contributed by atoms with E-state index in [4.69, 9.17) is 5.73 Å². The van der Waals surface area contributed by atoms with E-state index in [9.17, 15) is 20.3 Å². The lowest BCUT2D eigenvalue weighted by Gasteiger charge is -2.18. The van der Waals surface area contributed by atoms with E-state index >= 15 is 0 Å². The van der Waals surface area contributed by atoms with Crippen LogP contribution in [-0.2, 0) is 0 Å². The van der Waals surface area contributed by atoms with Crippen LogP contribution in [-0.4, -0.2) is 27.8 Å².